The largest absolute Gasteiger partial charge is 0.332 e. The van der Waals surface area contributed by atoms with Gasteiger partial charge in [0.05, 0.1) is 6.54 Å². The molecule has 1 aromatic carbocycles. The van der Waals surface area contributed by atoms with Gasteiger partial charge in [-0.15, -0.1) is 11.3 Å². The van der Waals surface area contributed by atoms with E-state index in [0.717, 1.165) is 37.7 Å². The predicted molar refractivity (Wildman–Crippen MR) is 135 cm³/mol. The molecule has 2 aromatic rings. The number of rotatable bonds is 10. The van der Waals surface area contributed by atoms with Crippen molar-refractivity contribution in [3.8, 4) is 0 Å². The molecule has 1 heterocycles. The van der Waals surface area contributed by atoms with Crippen molar-refractivity contribution in [1.29, 1.82) is 0 Å². The number of thiophene rings is 1. The minimum absolute atomic E-state index is 0.0621. The van der Waals surface area contributed by atoms with Crippen molar-refractivity contribution in [2.45, 2.75) is 89.8 Å². The molecule has 2 amide bonds. The van der Waals surface area contributed by atoms with Crippen molar-refractivity contribution in [3.05, 3.63) is 58.3 Å². The Hall–Kier alpha value is -2.14. The van der Waals surface area contributed by atoms with Gasteiger partial charge in [0.2, 0.25) is 11.8 Å². The van der Waals surface area contributed by atoms with Gasteiger partial charge in [0.15, 0.2) is 0 Å². The molecule has 0 bridgehead atoms. The first kappa shape index (κ1) is 24.0. The molecule has 2 aliphatic rings. The third-order valence-electron chi connectivity index (χ3n) is 7.38. The number of hydrogen-bond acceptors (Lipinski definition) is 3. The van der Waals surface area contributed by atoms with Crippen LogP contribution in [0.25, 0.3) is 0 Å². The van der Waals surface area contributed by atoms with Gasteiger partial charge in [-0.2, -0.15) is 0 Å². The van der Waals surface area contributed by atoms with Gasteiger partial charge in [0, 0.05) is 23.9 Å². The van der Waals surface area contributed by atoms with Gasteiger partial charge in [-0.25, -0.2) is 0 Å². The normalized spacial score (nSPS) is 17.2. The monoisotopic (exact) mass is 466 g/mol. The van der Waals surface area contributed by atoms with Crippen molar-refractivity contribution in [3.63, 3.8) is 0 Å². The van der Waals surface area contributed by atoms with Gasteiger partial charge in [-0.1, -0.05) is 81.3 Å². The maximum Gasteiger partial charge on any atom is 0.242 e. The Bertz CT molecular complexity index is 855. The first-order chi connectivity index (χ1) is 16.2. The summed E-state index contributed by atoms with van der Waals surface area (Å²) < 4.78 is 0. The van der Waals surface area contributed by atoms with E-state index in [2.05, 4.69) is 23.6 Å². The van der Waals surface area contributed by atoms with E-state index in [9.17, 15) is 9.59 Å². The van der Waals surface area contributed by atoms with Crippen molar-refractivity contribution in [2.24, 2.45) is 5.92 Å². The van der Waals surface area contributed by atoms with Crippen LogP contribution in [0.15, 0.2) is 47.8 Å². The fourth-order valence-corrected chi connectivity index (χ4v) is 6.18. The summed E-state index contributed by atoms with van der Waals surface area (Å²) in [5, 5.41) is 2.06. The van der Waals surface area contributed by atoms with Gasteiger partial charge in [0.1, 0.15) is 6.54 Å². The van der Waals surface area contributed by atoms with Crippen molar-refractivity contribution >= 4 is 23.2 Å². The maximum absolute atomic E-state index is 13.6. The smallest absolute Gasteiger partial charge is 0.242 e. The molecule has 0 saturated heterocycles. The average molecular weight is 467 g/mol. The lowest BCUT2D eigenvalue weighted by molar-refractivity contribution is -0.144. The molecule has 5 heteroatoms. The molecule has 0 aliphatic heterocycles. The number of amides is 2. The summed E-state index contributed by atoms with van der Waals surface area (Å²) in [7, 11) is 0. The molecule has 178 valence electrons. The predicted octanol–water partition coefficient (Wildman–Crippen LogP) is 6.41. The third-order valence-corrected chi connectivity index (χ3v) is 8.24. The summed E-state index contributed by atoms with van der Waals surface area (Å²) in [6.45, 7) is 1.39. The molecule has 2 aliphatic carbocycles. The van der Waals surface area contributed by atoms with Gasteiger partial charge < -0.3 is 9.80 Å². The van der Waals surface area contributed by atoms with E-state index < -0.39 is 0 Å². The molecule has 0 N–H and O–H groups in total. The third kappa shape index (κ3) is 7.17. The lowest BCUT2D eigenvalue weighted by Crippen LogP contribution is -2.48. The van der Waals surface area contributed by atoms with E-state index in [1.165, 1.54) is 37.0 Å². The van der Waals surface area contributed by atoms with Crippen LogP contribution in [0.5, 0.6) is 0 Å². The fraction of sp³-hybridized carbons (Fsp3) is 0.571. The lowest BCUT2D eigenvalue weighted by atomic mass is 9.93. The lowest BCUT2D eigenvalue weighted by Gasteiger charge is -2.36. The first-order valence-electron chi connectivity index (χ1n) is 12.8. The molecule has 0 radical (unpaired) electrons. The van der Waals surface area contributed by atoms with Gasteiger partial charge in [-0.3, -0.25) is 9.59 Å². The Kier molecular flexibility index (Phi) is 8.99. The molecule has 0 unspecified atom stereocenters. The Balaban J connectivity index is 1.45. The highest BCUT2D eigenvalue weighted by atomic mass is 32.1. The van der Waals surface area contributed by atoms with Gasteiger partial charge in [-0.05, 0) is 42.2 Å². The number of hydrogen-bond donors (Lipinski definition) is 0. The SMILES string of the molecule is O=C(CN(C(=O)CCC1CCCC1)C1CCCCC1)N(Cc1ccccc1)Cc1cccs1. The van der Waals surface area contributed by atoms with E-state index >= 15 is 0 Å². The molecule has 1 aromatic heterocycles. The highest BCUT2D eigenvalue weighted by molar-refractivity contribution is 7.09. The summed E-state index contributed by atoms with van der Waals surface area (Å²) in [6.07, 6.45) is 12.4. The fourth-order valence-electron chi connectivity index (χ4n) is 5.46. The minimum Gasteiger partial charge on any atom is -0.332 e. The zero-order valence-electron chi connectivity index (χ0n) is 19.8. The number of carbonyl (C=O) groups is 2. The molecule has 0 spiro atoms. The van der Waals surface area contributed by atoms with Crippen molar-refractivity contribution in [1.82, 2.24) is 9.80 Å². The topological polar surface area (TPSA) is 40.6 Å². The molecule has 4 rings (SSSR count). The summed E-state index contributed by atoms with van der Waals surface area (Å²) in [4.78, 5) is 32.1. The summed E-state index contributed by atoms with van der Waals surface area (Å²) >= 11 is 1.68. The minimum atomic E-state index is 0.0621. The standard InChI is InChI=1S/C28H38N2O2S/c31-27(18-17-23-10-7-8-11-23)30(25-14-5-2-6-15-25)22-28(32)29(21-26-16-9-19-33-26)20-24-12-3-1-4-13-24/h1,3-4,9,12-13,16,19,23,25H,2,5-8,10-11,14-15,17-18,20-22H2. The second kappa shape index (κ2) is 12.4. The van der Waals surface area contributed by atoms with E-state index in [4.69, 9.17) is 0 Å². The second-order valence-electron chi connectivity index (χ2n) is 9.82. The number of carbonyl (C=O) groups excluding carboxylic acids is 2. The van der Waals surface area contributed by atoms with Crippen LogP contribution in [0.1, 0.15) is 81.1 Å². The quantitative estimate of drug-likeness (QED) is 0.406. The zero-order valence-corrected chi connectivity index (χ0v) is 20.6. The Morgan fingerprint density at radius 2 is 1.55 bits per heavy atom. The van der Waals surface area contributed by atoms with Gasteiger partial charge >= 0.3 is 0 Å². The van der Waals surface area contributed by atoms with Crippen LogP contribution >= 0.6 is 11.3 Å². The summed E-state index contributed by atoms with van der Waals surface area (Å²) in [5.41, 5.74) is 1.12. The second-order valence-corrected chi connectivity index (χ2v) is 10.8. The number of benzene rings is 1. The Morgan fingerprint density at radius 3 is 2.24 bits per heavy atom. The van der Waals surface area contributed by atoms with Gasteiger partial charge in [0.25, 0.3) is 0 Å². The van der Waals surface area contributed by atoms with Crippen LogP contribution in [0.2, 0.25) is 0 Å². The van der Waals surface area contributed by atoms with Crippen LogP contribution in [-0.4, -0.2) is 34.2 Å². The molecule has 33 heavy (non-hydrogen) atoms. The highest BCUT2D eigenvalue weighted by Crippen LogP contribution is 2.30. The van der Waals surface area contributed by atoms with Crippen LogP contribution < -0.4 is 0 Å². The van der Waals surface area contributed by atoms with Crippen LogP contribution in [-0.2, 0) is 22.7 Å². The molecule has 2 saturated carbocycles. The molecule has 2 fully saturated rings. The molecular weight excluding hydrogens is 428 g/mol. The van der Waals surface area contributed by atoms with E-state index in [-0.39, 0.29) is 24.4 Å². The van der Waals surface area contributed by atoms with Crippen LogP contribution in [0.4, 0.5) is 0 Å². The maximum atomic E-state index is 13.6. The Labute approximate surface area is 203 Å². The van der Waals surface area contributed by atoms with E-state index in [1.807, 2.05) is 34.1 Å². The number of nitrogens with zero attached hydrogens (tertiary/aromatic N) is 2. The average Bonchev–Trinajstić information content (AvgIpc) is 3.56. The summed E-state index contributed by atoms with van der Waals surface area (Å²) in [5.74, 6) is 0.955. The van der Waals surface area contributed by atoms with Crippen LogP contribution in [0.3, 0.4) is 0 Å². The van der Waals surface area contributed by atoms with E-state index in [0.29, 0.717) is 25.4 Å². The highest BCUT2D eigenvalue weighted by Gasteiger charge is 2.29. The van der Waals surface area contributed by atoms with Crippen LogP contribution in [0, 0.1) is 5.92 Å². The Morgan fingerprint density at radius 1 is 0.818 bits per heavy atom. The van der Waals surface area contributed by atoms with E-state index in [1.54, 1.807) is 11.3 Å². The van der Waals surface area contributed by atoms with Crippen molar-refractivity contribution < 1.29 is 9.59 Å². The van der Waals surface area contributed by atoms with Crippen molar-refractivity contribution in [2.75, 3.05) is 6.54 Å². The zero-order chi connectivity index (χ0) is 22.9. The first-order valence-corrected chi connectivity index (χ1v) is 13.7. The molecule has 0 atom stereocenters. The molecular formula is C28H38N2O2S. The summed E-state index contributed by atoms with van der Waals surface area (Å²) in [6, 6.07) is 14.5. The molecule has 4 nitrogen and oxygen atoms in total.